The minimum absolute atomic E-state index is 0.580. The van der Waals surface area contributed by atoms with Gasteiger partial charge in [0.05, 0.1) is 13.2 Å². The molecule has 7 nitrogen and oxygen atoms in total. The molecule has 0 aliphatic rings. The molecule has 0 atom stereocenters. The van der Waals surface area contributed by atoms with E-state index in [0.717, 1.165) is 24.5 Å². The molecule has 2 aromatic heterocycles. The number of ether oxygens (including phenoxy) is 1. The Morgan fingerprint density at radius 3 is 3.05 bits per heavy atom. The third kappa shape index (κ3) is 3.66. The van der Waals surface area contributed by atoms with Crippen LogP contribution >= 0.6 is 0 Å². The van der Waals surface area contributed by atoms with Gasteiger partial charge in [0, 0.05) is 26.4 Å². The highest BCUT2D eigenvalue weighted by Crippen LogP contribution is 2.08. The van der Waals surface area contributed by atoms with E-state index in [2.05, 4.69) is 26.2 Å². The summed E-state index contributed by atoms with van der Waals surface area (Å²) in [6.45, 7) is 2.82. The third-order valence-corrected chi connectivity index (χ3v) is 2.96. The van der Waals surface area contributed by atoms with E-state index in [-0.39, 0.29) is 0 Å². The van der Waals surface area contributed by atoms with Crippen LogP contribution in [0.25, 0.3) is 0 Å². The third-order valence-electron chi connectivity index (χ3n) is 2.96. The van der Waals surface area contributed by atoms with Gasteiger partial charge in [-0.2, -0.15) is 5.26 Å². The predicted octanol–water partition coefficient (Wildman–Crippen LogP) is 0.756. The number of rotatable bonds is 7. The molecule has 7 heteroatoms. The molecule has 0 fully saturated rings. The van der Waals surface area contributed by atoms with Crippen molar-refractivity contribution < 1.29 is 4.74 Å². The maximum Gasteiger partial charge on any atom is 0.147 e. The van der Waals surface area contributed by atoms with E-state index in [1.165, 1.54) is 0 Å². The number of hydrogen-bond donors (Lipinski definition) is 1. The van der Waals surface area contributed by atoms with Gasteiger partial charge in [0.15, 0.2) is 0 Å². The first-order valence-electron chi connectivity index (χ1n) is 6.34. The Balaban J connectivity index is 1.92. The maximum absolute atomic E-state index is 8.78. The SMILES string of the molecule is COCCn1cnnc1CN(C)Cc1c[nH]c(C#N)c1. The molecule has 0 unspecified atom stereocenters. The van der Waals surface area contributed by atoms with Gasteiger partial charge in [-0.05, 0) is 18.7 Å². The van der Waals surface area contributed by atoms with Crippen LogP contribution in [0.1, 0.15) is 17.1 Å². The molecule has 0 bridgehead atoms. The van der Waals surface area contributed by atoms with E-state index >= 15 is 0 Å². The zero-order valence-corrected chi connectivity index (χ0v) is 11.7. The summed E-state index contributed by atoms with van der Waals surface area (Å²) in [5.41, 5.74) is 1.66. The molecule has 2 heterocycles. The number of H-pyrrole nitrogens is 1. The molecule has 0 spiro atoms. The Bertz CT molecular complexity index is 582. The van der Waals surface area contributed by atoms with Crippen LogP contribution in [0.2, 0.25) is 0 Å². The lowest BCUT2D eigenvalue weighted by atomic mass is 10.3. The molecule has 0 aliphatic heterocycles. The second kappa shape index (κ2) is 6.84. The van der Waals surface area contributed by atoms with Crippen molar-refractivity contribution in [2.24, 2.45) is 0 Å². The van der Waals surface area contributed by atoms with Gasteiger partial charge in [-0.15, -0.1) is 10.2 Å². The van der Waals surface area contributed by atoms with Crippen molar-refractivity contribution in [2.45, 2.75) is 19.6 Å². The summed E-state index contributed by atoms with van der Waals surface area (Å²) >= 11 is 0. The molecule has 2 aromatic rings. The summed E-state index contributed by atoms with van der Waals surface area (Å²) in [4.78, 5) is 5.04. The summed E-state index contributed by atoms with van der Waals surface area (Å²) in [6.07, 6.45) is 3.57. The minimum atomic E-state index is 0.580. The Hall–Kier alpha value is -2.17. The van der Waals surface area contributed by atoms with Gasteiger partial charge in [0.2, 0.25) is 0 Å². The van der Waals surface area contributed by atoms with E-state index < -0.39 is 0 Å². The van der Waals surface area contributed by atoms with Crippen LogP contribution in [0.15, 0.2) is 18.6 Å². The fourth-order valence-corrected chi connectivity index (χ4v) is 1.98. The molecule has 2 rings (SSSR count). The highest BCUT2D eigenvalue weighted by molar-refractivity contribution is 5.26. The second-order valence-corrected chi connectivity index (χ2v) is 4.64. The number of aromatic nitrogens is 4. The van der Waals surface area contributed by atoms with Crippen LogP contribution in [-0.4, -0.2) is 45.4 Å². The summed E-state index contributed by atoms with van der Waals surface area (Å²) < 4.78 is 7.05. The Morgan fingerprint density at radius 1 is 1.50 bits per heavy atom. The predicted molar refractivity (Wildman–Crippen MR) is 72.6 cm³/mol. The van der Waals surface area contributed by atoms with E-state index in [9.17, 15) is 0 Å². The zero-order chi connectivity index (χ0) is 14.4. The lowest BCUT2D eigenvalue weighted by molar-refractivity contribution is 0.184. The van der Waals surface area contributed by atoms with Crippen molar-refractivity contribution in [3.8, 4) is 6.07 Å². The van der Waals surface area contributed by atoms with Crippen molar-refractivity contribution in [1.82, 2.24) is 24.6 Å². The van der Waals surface area contributed by atoms with Crippen molar-refractivity contribution in [3.05, 3.63) is 35.7 Å². The van der Waals surface area contributed by atoms with Gasteiger partial charge in [-0.25, -0.2) is 0 Å². The monoisotopic (exact) mass is 274 g/mol. The molecule has 0 radical (unpaired) electrons. The fourth-order valence-electron chi connectivity index (χ4n) is 1.98. The van der Waals surface area contributed by atoms with Crippen LogP contribution in [0.4, 0.5) is 0 Å². The Kier molecular flexibility index (Phi) is 4.87. The molecule has 106 valence electrons. The van der Waals surface area contributed by atoms with Gasteiger partial charge in [-0.3, -0.25) is 4.90 Å². The average Bonchev–Trinajstić information content (AvgIpc) is 3.05. The first-order valence-corrected chi connectivity index (χ1v) is 6.34. The molecule has 0 aromatic carbocycles. The normalized spacial score (nSPS) is 10.9. The van der Waals surface area contributed by atoms with E-state index in [0.29, 0.717) is 18.8 Å². The van der Waals surface area contributed by atoms with Crippen LogP contribution in [0.3, 0.4) is 0 Å². The second-order valence-electron chi connectivity index (χ2n) is 4.64. The lowest BCUT2D eigenvalue weighted by Crippen LogP contribution is -2.20. The molecular formula is C13H18N6O. The topological polar surface area (TPSA) is 82.8 Å². The zero-order valence-electron chi connectivity index (χ0n) is 11.7. The maximum atomic E-state index is 8.78. The Morgan fingerprint density at radius 2 is 2.35 bits per heavy atom. The van der Waals surface area contributed by atoms with Gasteiger partial charge >= 0.3 is 0 Å². The molecule has 0 saturated carbocycles. The largest absolute Gasteiger partial charge is 0.383 e. The number of nitrogens with one attached hydrogen (secondary N) is 1. The number of hydrogen-bond acceptors (Lipinski definition) is 5. The van der Waals surface area contributed by atoms with Gasteiger partial charge in [-0.1, -0.05) is 0 Å². The van der Waals surface area contributed by atoms with Crippen LogP contribution < -0.4 is 0 Å². The minimum Gasteiger partial charge on any atom is -0.383 e. The smallest absolute Gasteiger partial charge is 0.147 e. The number of methoxy groups -OCH3 is 1. The summed E-state index contributed by atoms with van der Waals surface area (Å²) in [6, 6.07) is 3.94. The molecule has 0 aliphatic carbocycles. The molecular weight excluding hydrogens is 256 g/mol. The molecule has 0 amide bonds. The number of nitriles is 1. The van der Waals surface area contributed by atoms with Crippen molar-refractivity contribution in [2.75, 3.05) is 20.8 Å². The van der Waals surface area contributed by atoms with Gasteiger partial charge in [0.25, 0.3) is 0 Å². The molecule has 20 heavy (non-hydrogen) atoms. The van der Waals surface area contributed by atoms with E-state index in [1.54, 1.807) is 13.4 Å². The summed E-state index contributed by atoms with van der Waals surface area (Å²) in [5, 5.41) is 16.8. The number of aromatic amines is 1. The average molecular weight is 274 g/mol. The first-order chi connectivity index (χ1) is 9.72. The van der Waals surface area contributed by atoms with Crippen LogP contribution in [0, 0.1) is 11.3 Å². The highest BCUT2D eigenvalue weighted by atomic mass is 16.5. The van der Waals surface area contributed by atoms with Crippen LogP contribution in [0.5, 0.6) is 0 Å². The van der Waals surface area contributed by atoms with Gasteiger partial charge < -0.3 is 14.3 Å². The van der Waals surface area contributed by atoms with Crippen LogP contribution in [-0.2, 0) is 24.4 Å². The molecule has 1 N–H and O–H groups in total. The first kappa shape index (κ1) is 14.2. The van der Waals surface area contributed by atoms with Crippen molar-refractivity contribution in [1.29, 1.82) is 5.26 Å². The van der Waals surface area contributed by atoms with E-state index in [4.69, 9.17) is 10.00 Å². The molecule has 0 saturated heterocycles. The fraction of sp³-hybridized carbons (Fsp3) is 0.462. The standard InChI is InChI=1S/C13H18N6O/c1-18(8-11-5-12(6-14)15-7-11)9-13-17-16-10-19(13)3-4-20-2/h5,7,10,15H,3-4,8-9H2,1-2H3. The van der Waals surface area contributed by atoms with E-state index in [1.807, 2.05) is 23.9 Å². The quantitative estimate of drug-likeness (QED) is 0.806. The van der Waals surface area contributed by atoms with Crippen molar-refractivity contribution >= 4 is 0 Å². The summed E-state index contributed by atoms with van der Waals surface area (Å²) in [7, 11) is 3.68. The lowest BCUT2D eigenvalue weighted by Gasteiger charge is -2.15. The van der Waals surface area contributed by atoms with Crippen molar-refractivity contribution in [3.63, 3.8) is 0 Å². The Labute approximate surface area is 117 Å². The summed E-state index contributed by atoms with van der Waals surface area (Å²) in [5.74, 6) is 0.903. The van der Waals surface area contributed by atoms with Gasteiger partial charge in [0.1, 0.15) is 23.9 Å². The highest BCUT2D eigenvalue weighted by Gasteiger charge is 2.09. The number of nitrogens with zero attached hydrogens (tertiary/aromatic N) is 5.